The molecule has 1 aliphatic rings. The Morgan fingerprint density at radius 2 is 1.72 bits per heavy atom. The predicted molar refractivity (Wildman–Crippen MR) is 115 cm³/mol. The lowest BCUT2D eigenvalue weighted by Crippen LogP contribution is -2.29. The molecule has 0 fully saturated rings. The van der Waals surface area contributed by atoms with Crippen molar-refractivity contribution in [1.29, 1.82) is 0 Å². The minimum atomic E-state index is -0.447. The number of methoxy groups -OCH3 is 3. The molecule has 1 aliphatic heterocycles. The lowest BCUT2D eigenvalue weighted by atomic mass is 10.1. The summed E-state index contributed by atoms with van der Waals surface area (Å²) < 4.78 is 27.7. The van der Waals surface area contributed by atoms with Crippen LogP contribution in [0.5, 0.6) is 28.7 Å². The highest BCUT2D eigenvalue weighted by molar-refractivity contribution is 5.91. The summed E-state index contributed by atoms with van der Waals surface area (Å²) in [5.74, 6) is 1.98. The van der Waals surface area contributed by atoms with E-state index in [2.05, 4.69) is 10.4 Å². The minimum absolute atomic E-state index is 0.160. The molecule has 1 amide bonds. The van der Waals surface area contributed by atoms with Crippen molar-refractivity contribution < 1.29 is 28.5 Å². The second-order valence-corrected chi connectivity index (χ2v) is 6.74. The number of carbonyl (C=O) groups excluding carboxylic acids is 1. The molecule has 0 aliphatic carbocycles. The number of carbonyl (C=O) groups is 1. The smallest absolute Gasteiger partial charge is 0.267 e. The Morgan fingerprint density at radius 3 is 2.41 bits per heavy atom. The van der Waals surface area contributed by atoms with E-state index in [0.717, 1.165) is 10.2 Å². The Morgan fingerprint density at radius 1 is 1.00 bits per heavy atom. The Balaban J connectivity index is 1.55. The van der Waals surface area contributed by atoms with Crippen molar-refractivity contribution in [3.8, 4) is 40.0 Å². The van der Waals surface area contributed by atoms with Gasteiger partial charge in [0.15, 0.2) is 23.0 Å². The molecule has 3 aromatic rings. The van der Waals surface area contributed by atoms with Crippen molar-refractivity contribution in [1.82, 2.24) is 9.78 Å². The van der Waals surface area contributed by atoms with Gasteiger partial charge in [0.25, 0.3) is 5.56 Å². The molecular formula is C22H21N3O7. The number of aromatic nitrogens is 2. The number of anilines is 1. The second kappa shape index (κ2) is 8.88. The monoisotopic (exact) mass is 439 g/mol. The van der Waals surface area contributed by atoms with Crippen LogP contribution in [-0.2, 0) is 11.3 Å². The van der Waals surface area contributed by atoms with Crippen LogP contribution in [0.4, 0.5) is 5.69 Å². The van der Waals surface area contributed by atoms with Crippen LogP contribution in [0, 0.1) is 0 Å². The Kier molecular flexibility index (Phi) is 5.84. The summed E-state index contributed by atoms with van der Waals surface area (Å²) >= 11 is 0. The van der Waals surface area contributed by atoms with Gasteiger partial charge in [0.05, 0.1) is 27.0 Å². The second-order valence-electron chi connectivity index (χ2n) is 6.74. The third kappa shape index (κ3) is 4.15. The van der Waals surface area contributed by atoms with E-state index in [9.17, 15) is 9.59 Å². The van der Waals surface area contributed by atoms with Gasteiger partial charge in [0, 0.05) is 29.4 Å². The van der Waals surface area contributed by atoms with Crippen LogP contribution in [0.25, 0.3) is 11.3 Å². The average Bonchev–Trinajstić information content (AvgIpc) is 3.27. The third-order valence-electron chi connectivity index (χ3n) is 4.78. The number of benzene rings is 2. The molecule has 1 aromatic heterocycles. The highest BCUT2D eigenvalue weighted by Gasteiger charge is 2.17. The zero-order valence-corrected chi connectivity index (χ0v) is 17.7. The number of amides is 1. The number of hydrogen-bond acceptors (Lipinski definition) is 8. The number of fused-ring (bicyclic) bond motifs is 1. The maximum absolute atomic E-state index is 12.6. The highest BCUT2D eigenvalue weighted by atomic mass is 16.7. The van der Waals surface area contributed by atoms with E-state index in [0.29, 0.717) is 40.1 Å². The third-order valence-corrected chi connectivity index (χ3v) is 4.78. The van der Waals surface area contributed by atoms with Crippen LogP contribution in [-0.4, -0.2) is 43.8 Å². The van der Waals surface area contributed by atoms with Gasteiger partial charge in [-0.1, -0.05) is 0 Å². The molecule has 4 rings (SSSR count). The quantitative estimate of drug-likeness (QED) is 0.597. The Labute approximate surface area is 183 Å². The SMILES string of the molecule is COc1cc(NC(=O)Cn2nc(-c3ccc4c(c3)OCO4)ccc2=O)cc(OC)c1OC. The molecule has 0 radical (unpaired) electrons. The van der Waals surface area contributed by atoms with Crippen molar-refractivity contribution in [3.63, 3.8) is 0 Å². The van der Waals surface area contributed by atoms with Crippen molar-refractivity contribution in [3.05, 3.63) is 52.8 Å². The van der Waals surface area contributed by atoms with Gasteiger partial charge in [-0.05, 0) is 24.3 Å². The largest absolute Gasteiger partial charge is 0.493 e. The van der Waals surface area contributed by atoms with E-state index in [1.54, 1.807) is 36.4 Å². The molecule has 2 heterocycles. The maximum Gasteiger partial charge on any atom is 0.267 e. The van der Waals surface area contributed by atoms with Gasteiger partial charge in [-0.15, -0.1) is 0 Å². The van der Waals surface area contributed by atoms with Gasteiger partial charge in [-0.3, -0.25) is 9.59 Å². The van der Waals surface area contributed by atoms with E-state index in [1.807, 2.05) is 0 Å². The fourth-order valence-corrected chi connectivity index (χ4v) is 3.26. The van der Waals surface area contributed by atoms with Gasteiger partial charge < -0.3 is 29.0 Å². The summed E-state index contributed by atoms with van der Waals surface area (Å²) in [6, 6.07) is 11.5. The number of hydrogen-bond donors (Lipinski definition) is 1. The van der Waals surface area contributed by atoms with Crippen molar-refractivity contribution >= 4 is 11.6 Å². The molecule has 166 valence electrons. The minimum Gasteiger partial charge on any atom is -0.493 e. The lowest BCUT2D eigenvalue weighted by Gasteiger charge is -2.15. The summed E-state index contributed by atoms with van der Waals surface area (Å²) in [4.78, 5) is 24.9. The summed E-state index contributed by atoms with van der Waals surface area (Å²) in [5, 5.41) is 7.04. The topological polar surface area (TPSA) is 110 Å². The first-order valence-electron chi connectivity index (χ1n) is 9.60. The van der Waals surface area contributed by atoms with E-state index in [4.69, 9.17) is 23.7 Å². The molecule has 2 aromatic carbocycles. The highest BCUT2D eigenvalue weighted by Crippen LogP contribution is 2.40. The number of rotatable bonds is 7. The zero-order chi connectivity index (χ0) is 22.7. The molecule has 0 saturated carbocycles. The molecule has 0 unspecified atom stereocenters. The fraction of sp³-hybridized carbons (Fsp3) is 0.227. The van der Waals surface area contributed by atoms with E-state index >= 15 is 0 Å². The van der Waals surface area contributed by atoms with Crippen molar-refractivity contribution in [2.24, 2.45) is 0 Å². The van der Waals surface area contributed by atoms with Gasteiger partial charge in [-0.25, -0.2) is 4.68 Å². The van der Waals surface area contributed by atoms with Crippen LogP contribution >= 0.6 is 0 Å². The molecule has 10 nitrogen and oxygen atoms in total. The first-order valence-corrected chi connectivity index (χ1v) is 9.60. The number of nitrogens with one attached hydrogen (secondary N) is 1. The van der Waals surface area contributed by atoms with Crippen LogP contribution in [0.1, 0.15) is 0 Å². The normalized spacial score (nSPS) is 11.7. The van der Waals surface area contributed by atoms with E-state index in [-0.39, 0.29) is 13.3 Å². The van der Waals surface area contributed by atoms with Gasteiger partial charge in [0.2, 0.25) is 18.4 Å². The first kappa shape index (κ1) is 21.0. The Bertz CT molecular complexity index is 1200. The van der Waals surface area contributed by atoms with E-state index in [1.165, 1.54) is 27.4 Å². The molecule has 0 spiro atoms. The summed E-state index contributed by atoms with van der Waals surface area (Å²) in [6.07, 6.45) is 0. The van der Waals surface area contributed by atoms with Crippen molar-refractivity contribution in [2.45, 2.75) is 6.54 Å². The summed E-state index contributed by atoms with van der Waals surface area (Å²) in [7, 11) is 4.45. The van der Waals surface area contributed by atoms with Gasteiger partial charge in [0.1, 0.15) is 6.54 Å². The first-order chi connectivity index (χ1) is 15.5. The molecule has 10 heteroatoms. The van der Waals surface area contributed by atoms with Crippen molar-refractivity contribution in [2.75, 3.05) is 33.4 Å². The average molecular weight is 439 g/mol. The zero-order valence-electron chi connectivity index (χ0n) is 17.7. The standard InChI is InChI=1S/C22H21N3O7/c1-28-18-9-14(10-19(29-2)22(18)30-3)23-20(26)11-25-21(27)7-5-15(24-25)13-4-6-16-17(8-13)32-12-31-16/h4-10H,11-12H2,1-3H3,(H,23,26). The summed E-state index contributed by atoms with van der Waals surface area (Å²) in [6.45, 7) is -0.124. The summed E-state index contributed by atoms with van der Waals surface area (Å²) in [5.41, 5.74) is 1.26. The van der Waals surface area contributed by atoms with Crippen LogP contribution in [0.3, 0.4) is 0 Å². The maximum atomic E-state index is 12.6. The fourth-order valence-electron chi connectivity index (χ4n) is 3.26. The van der Waals surface area contributed by atoms with E-state index < -0.39 is 11.5 Å². The van der Waals surface area contributed by atoms with Crippen LogP contribution < -0.4 is 34.6 Å². The number of nitrogens with zero attached hydrogens (tertiary/aromatic N) is 2. The molecule has 32 heavy (non-hydrogen) atoms. The van der Waals surface area contributed by atoms with Gasteiger partial charge in [-0.2, -0.15) is 5.10 Å². The van der Waals surface area contributed by atoms with Gasteiger partial charge >= 0.3 is 0 Å². The molecular weight excluding hydrogens is 418 g/mol. The number of ether oxygens (including phenoxy) is 5. The molecule has 0 saturated heterocycles. The lowest BCUT2D eigenvalue weighted by molar-refractivity contribution is -0.117. The van der Waals surface area contributed by atoms with Crippen LogP contribution in [0.15, 0.2) is 47.3 Å². The molecule has 1 N–H and O–H groups in total. The predicted octanol–water partition coefficient (Wildman–Crippen LogP) is 2.30. The molecule has 0 bridgehead atoms. The Hall–Kier alpha value is -4.21. The molecule has 0 atom stereocenters. The van der Waals surface area contributed by atoms with Crippen LogP contribution in [0.2, 0.25) is 0 Å².